The summed E-state index contributed by atoms with van der Waals surface area (Å²) in [5.74, 6) is -0.265. The van der Waals surface area contributed by atoms with Crippen LogP contribution in [0.3, 0.4) is 0 Å². The van der Waals surface area contributed by atoms with Crippen molar-refractivity contribution in [2.75, 3.05) is 12.3 Å². The molecule has 7 nitrogen and oxygen atoms in total. The normalized spacial score (nSPS) is 16.6. The fraction of sp³-hybridized carbons (Fsp3) is 0.182. The minimum atomic E-state index is -4.03. The SMILES string of the molecule is O=C1c2ccc([N+](=O)[O-])cc2S(=O)(=O)N1C/C=C/CS. The second kappa shape index (κ2) is 5.25. The highest BCUT2D eigenvalue weighted by Crippen LogP contribution is 2.32. The van der Waals surface area contributed by atoms with E-state index in [0.29, 0.717) is 10.1 Å². The van der Waals surface area contributed by atoms with Crippen LogP contribution in [0.15, 0.2) is 35.2 Å². The highest BCUT2D eigenvalue weighted by molar-refractivity contribution is 7.90. The zero-order valence-corrected chi connectivity index (χ0v) is 11.8. The molecule has 1 aliphatic rings. The standard InChI is InChI=1S/C11H10N2O5S2/c14-11-9-4-3-8(13(15)16)7-10(9)20(17,18)12(11)5-1-2-6-19/h1-4,7,19H,5-6H2/b2-1+. The quantitative estimate of drug-likeness (QED) is 0.390. The van der Waals surface area contributed by atoms with E-state index >= 15 is 0 Å². The highest BCUT2D eigenvalue weighted by Gasteiger charge is 2.41. The summed E-state index contributed by atoms with van der Waals surface area (Å²) >= 11 is 3.93. The van der Waals surface area contributed by atoms with E-state index in [1.54, 1.807) is 6.08 Å². The monoisotopic (exact) mass is 314 g/mol. The molecule has 0 aromatic heterocycles. The van der Waals surface area contributed by atoms with Gasteiger partial charge in [-0.15, -0.1) is 0 Å². The van der Waals surface area contributed by atoms with Gasteiger partial charge in [0.15, 0.2) is 0 Å². The number of carbonyl (C=O) groups excluding carboxylic acids is 1. The van der Waals surface area contributed by atoms with Crippen molar-refractivity contribution in [2.24, 2.45) is 0 Å². The van der Waals surface area contributed by atoms with Crippen molar-refractivity contribution in [1.29, 1.82) is 0 Å². The number of sulfonamides is 1. The molecule has 9 heteroatoms. The van der Waals surface area contributed by atoms with Gasteiger partial charge in [-0.05, 0) is 6.07 Å². The Kier molecular flexibility index (Phi) is 3.82. The van der Waals surface area contributed by atoms with E-state index in [-0.39, 0.29) is 22.7 Å². The van der Waals surface area contributed by atoms with Crippen molar-refractivity contribution in [1.82, 2.24) is 4.31 Å². The van der Waals surface area contributed by atoms with Gasteiger partial charge in [-0.2, -0.15) is 12.6 Å². The van der Waals surface area contributed by atoms with Crippen LogP contribution in [0.4, 0.5) is 5.69 Å². The second-order valence-electron chi connectivity index (χ2n) is 3.93. The maximum absolute atomic E-state index is 12.2. The third-order valence-corrected chi connectivity index (χ3v) is 4.74. The summed E-state index contributed by atoms with van der Waals surface area (Å²) in [4.78, 5) is 21.7. The Morgan fingerprint density at radius 2 is 2.05 bits per heavy atom. The van der Waals surface area contributed by atoms with Crippen LogP contribution in [-0.2, 0) is 10.0 Å². The van der Waals surface area contributed by atoms with Gasteiger partial charge in [0.2, 0.25) is 0 Å². The zero-order chi connectivity index (χ0) is 14.9. The van der Waals surface area contributed by atoms with Gasteiger partial charge in [0.1, 0.15) is 4.90 Å². The summed E-state index contributed by atoms with van der Waals surface area (Å²) in [6.07, 6.45) is 3.11. The molecule has 0 unspecified atom stereocenters. The number of hydrogen-bond acceptors (Lipinski definition) is 6. The Balaban J connectivity index is 2.48. The molecular weight excluding hydrogens is 304 g/mol. The van der Waals surface area contributed by atoms with E-state index in [0.717, 1.165) is 18.2 Å². The van der Waals surface area contributed by atoms with Gasteiger partial charge in [-0.1, -0.05) is 12.2 Å². The first-order valence-corrected chi connectivity index (χ1v) is 7.58. The Morgan fingerprint density at radius 3 is 2.65 bits per heavy atom. The number of benzene rings is 1. The van der Waals surface area contributed by atoms with Crippen LogP contribution >= 0.6 is 12.6 Å². The Labute approximate surface area is 120 Å². The van der Waals surface area contributed by atoms with Gasteiger partial charge in [0.05, 0.1) is 17.0 Å². The summed E-state index contributed by atoms with van der Waals surface area (Å²) < 4.78 is 25.1. The van der Waals surface area contributed by atoms with E-state index in [1.165, 1.54) is 6.08 Å². The molecule has 1 aliphatic heterocycles. The third kappa shape index (κ3) is 2.29. The second-order valence-corrected chi connectivity index (χ2v) is 6.13. The number of non-ortho nitro benzene ring substituents is 1. The average molecular weight is 314 g/mol. The van der Waals surface area contributed by atoms with Gasteiger partial charge >= 0.3 is 0 Å². The molecule has 0 spiro atoms. The summed E-state index contributed by atoms with van der Waals surface area (Å²) in [7, 11) is -4.03. The molecule has 2 rings (SSSR count). The molecule has 0 atom stereocenters. The van der Waals surface area contributed by atoms with E-state index < -0.39 is 20.9 Å². The molecule has 0 bridgehead atoms. The van der Waals surface area contributed by atoms with Crippen LogP contribution in [0.1, 0.15) is 10.4 Å². The van der Waals surface area contributed by atoms with Gasteiger partial charge in [-0.25, -0.2) is 12.7 Å². The molecule has 0 aliphatic carbocycles. The zero-order valence-electron chi connectivity index (χ0n) is 10.1. The number of nitro benzene ring substituents is 1. The van der Waals surface area contributed by atoms with Crippen LogP contribution in [0, 0.1) is 10.1 Å². The topological polar surface area (TPSA) is 97.6 Å². The smallest absolute Gasteiger partial charge is 0.268 e. The highest BCUT2D eigenvalue weighted by atomic mass is 32.2. The third-order valence-electron chi connectivity index (χ3n) is 2.74. The molecular formula is C11H10N2O5S2. The molecule has 0 saturated heterocycles. The number of fused-ring (bicyclic) bond motifs is 1. The van der Waals surface area contributed by atoms with Gasteiger partial charge < -0.3 is 0 Å². The van der Waals surface area contributed by atoms with Crippen LogP contribution in [0.5, 0.6) is 0 Å². The lowest BCUT2D eigenvalue weighted by atomic mass is 10.2. The summed E-state index contributed by atoms with van der Waals surface area (Å²) in [5.41, 5.74) is -0.414. The van der Waals surface area contributed by atoms with Crippen molar-refractivity contribution in [2.45, 2.75) is 4.90 Å². The number of nitro groups is 1. The Hall–Kier alpha value is -1.87. The number of carbonyl (C=O) groups is 1. The lowest BCUT2D eigenvalue weighted by Gasteiger charge is -2.11. The van der Waals surface area contributed by atoms with E-state index in [1.807, 2.05) is 0 Å². The number of amides is 1. The largest absolute Gasteiger partial charge is 0.270 e. The molecule has 20 heavy (non-hydrogen) atoms. The number of rotatable bonds is 4. The summed E-state index contributed by atoms with van der Waals surface area (Å²) in [5, 5.41) is 10.7. The predicted molar refractivity (Wildman–Crippen MR) is 74.3 cm³/mol. The molecule has 1 amide bonds. The van der Waals surface area contributed by atoms with Crippen LogP contribution in [0.25, 0.3) is 0 Å². The van der Waals surface area contributed by atoms with E-state index in [4.69, 9.17) is 0 Å². The first kappa shape index (κ1) is 14.5. The molecule has 0 N–H and O–H groups in total. The van der Waals surface area contributed by atoms with Crippen LogP contribution < -0.4 is 0 Å². The first-order valence-electron chi connectivity index (χ1n) is 5.51. The maximum Gasteiger partial charge on any atom is 0.270 e. The molecule has 1 aromatic carbocycles. The van der Waals surface area contributed by atoms with E-state index in [2.05, 4.69) is 12.6 Å². The molecule has 0 fully saturated rings. The van der Waals surface area contributed by atoms with Crippen molar-refractivity contribution in [3.8, 4) is 0 Å². The maximum atomic E-state index is 12.2. The fourth-order valence-corrected chi connectivity index (χ4v) is 3.49. The van der Waals surface area contributed by atoms with Gasteiger partial charge in [0, 0.05) is 17.9 Å². The van der Waals surface area contributed by atoms with Crippen LogP contribution in [-0.4, -0.2) is 35.9 Å². The lowest BCUT2D eigenvalue weighted by molar-refractivity contribution is -0.385. The van der Waals surface area contributed by atoms with Crippen molar-refractivity contribution >= 4 is 34.2 Å². The number of nitrogens with zero attached hydrogens (tertiary/aromatic N) is 2. The summed E-state index contributed by atoms with van der Waals surface area (Å²) in [6, 6.07) is 3.18. The molecule has 0 saturated carbocycles. The summed E-state index contributed by atoms with van der Waals surface area (Å²) in [6.45, 7) is -0.121. The van der Waals surface area contributed by atoms with Gasteiger partial charge in [0.25, 0.3) is 21.6 Å². The minimum Gasteiger partial charge on any atom is -0.268 e. The predicted octanol–water partition coefficient (Wildman–Crippen LogP) is 1.23. The van der Waals surface area contributed by atoms with Crippen molar-refractivity contribution in [3.63, 3.8) is 0 Å². The number of thiol groups is 1. The fourth-order valence-electron chi connectivity index (χ4n) is 1.80. The number of hydrogen-bond donors (Lipinski definition) is 1. The minimum absolute atomic E-state index is 0.0464. The Bertz CT molecular complexity index is 712. The first-order chi connectivity index (χ1) is 9.39. The van der Waals surface area contributed by atoms with Gasteiger partial charge in [-0.3, -0.25) is 14.9 Å². The molecule has 0 radical (unpaired) electrons. The van der Waals surface area contributed by atoms with Crippen molar-refractivity contribution in [3.05, 3.63) is 46.0 Å². The molecule has 1 aromatic rings. The van der Waals surface area contributed by atoms with E-state index in [9.17, 15) is 23.3 Å². The van der Waals surface area contributed by atoms with Crippen LogP contribution in [0.2, 0.25) is 0 Å². The lowest BCUT2D eigenvalue weighted by Crippen LogP contribution is -2.30. The molecule has 1 heterocycles. The van der Waals surface area contributed by atoms with Crippen molar-refractivity contribution < 1.29 is 18.1 Å². The Morgan fingerprint density at radius 1 is 1.35 bits per heavy atom. The molecule has 106 valence electrons. The average Bonchev–Trinajstić information content (AvgIpc) is 2.59.